The van der Waals surface area contributed by atoms with Crippen molar-refractivity contribution in [1.29, 1.82) is 0 Å². The molecule has 2 nitrogen and oxygen atoms in total. The van der Waals surface area contributed by atoms with E-state index in [1.54, 1.807) is 0 Å². The van der Waals surface area contributed by atoms with E-state index in [9.17, 15) is 0 Å². The minimum atomic E-state index is 0.0411. The Morgan fingerprint density at radius 3 is 2.56 bits per heavy atom. The molecular weight excluding hydrogens is 183 g/mol. The lowest BCUT2D eigenvalue weighted by Gasteiger charge is -2.03. The average molecular weight is 193 g/mol. The van der Waals surface area contributed by atoms with Crippen molar-refractivity contribution in [2.45, 2.75) is 18.1 Å². The maximum Gasteiger partial charge on any atom is 0.458 e. The molecule has 0 bridgehead atoms. The van der Waals surface area contributed by atoms with Crippen LogP contribution < -0.4 is 0 Å². The third-order valence-electron chi connectivity index (χ3n) is 1.21. The van der Waals surface area contributed by atoms with Gasteiger partial charge in [-0.3, -0.25) is 0 Å². The highest BCUT2D eigenvalue weighted by molar-refractivity contribution is 9.09. The van der Waals surface area contributed by atoms with Crippen molar-refractivity contribution in [3.05, 3.63) is 0 Å². The zero-order chi connectivity index (χ0) is 6.69. The first-order chi connectivity index (χ1) is 4.29. The number of rotatable bonds is 2. The molecule has 0 saturated carbocycles. The maximum absolute atomic E-state index is 5.21. The summed E-state index contributed by atoms with van der Waals surface area (Å²) in [5.74, 6) is 0. The second-order valence-electron chi connectivity index (χ2n) is 2.19. The predicted molar refractivity (Wildman–Crippen MR) is 40.9 cm³/mol. The quantitative estimate of drug-likeness (QED) is 0.486. The Morgan fingerprint density at radius 1 is 1.56 bits per heavy atom. The van der Waals surface area contributed by atoms with Crippen molar-refractivity contribution < 1.29 is 9.31 Å². The number of hydrogen-bond donors (Lipinski definition) is 0. The molecule has 1 aliphatic heterocycles. The fraction of sp³-hybridized carbons (Fsp3) is 1.00. The standard InChI is InChI=1S/C5H10BBrO2/c1-5(7)4-6-8-2-3-9-6/h5H,2-4H2,1H3. The number of hydrogen-bond acceptors (Lipinski definition) is 2. The van der Waals surface area contributed by atoms with E-state index in [-0.39, 0.29) is 7.12 Å². The molecule has 1 atom stereocenters. The van der Waals surface area contributed by atoms with E-state index in [0.717, 1.165) is 19.5 Å². The molecule has 4 heteroatoms. The molecule has 1 aliphatic rings. The lowest BCUT2D eigenvalue weighted by Crippen LogP contribution is -2.16. The second kappa shape index (κ2) is 3.59. The highest BCUT2D eigenvalue weighted by Crippen LogP contribution is 2.12. The molecule has 1 fully saturated rings. The summed E-state index contributed by atoms with van der Waals surface area (Å²) in [6, 6.07) is 0. The first kappa shape index (κ1) is 7.57. The molecule has 9 heavy (non-hydrogen) atoms. The summed E-state index contributed by atoms with van der Waals surface area (Å²) < 4.78 is 10.4. The van der Waals surface area contributed by atoms with E-state index in [1.165, 1.54) is 0 Å². The topological polar surface area (TPSA) is 18.5 Å². The van der Waals surface area contributed by atoms with Crippen molar-refractivity contribution in [3.63, 3.8) is 0 Å². The van der Waals surface area contributed by atoms with Gasteiger partial charge in [-0.2, -0.15) is 0 Å². The summed E-state index contributed by atoms with van der Waals surface area (Å²) in [5, 5.41) is 0. The molecule has 0 amide bonds. The Kier molecular flexibility index (Phi) is 3.02. The van der Waals surface area contributed by atoms with Gasteiger partial charge in [0, 0.05) is 4.83 Å². The molecule has 1 heterocycles. The Hall–Kier alpha value is 0.465. The highest BCUT2D eigenvalue weighted by atomic mass is 79.9. The van der Waals surface area contributed by atoms with Crippen LogP contribution in [0.2, 0.25) is 6.32 Å². The van der Waals surface area contributed by atoms with Crippen LogP contribution in [0.3, 0.4) is 0 Å². The van der Waals surface area contributed by atoms with Crippen LogP contribution >= 0.6 is 15.9 Å². The molecular formula is C5H10BBrO2. The lowest BCUT2D eigenvalue weighted by atomic mass is 9.84. The Morgan fingerprint density at radius 2 is 2.11 bits per heavy atom. The summed E-state index contributed by atoms with van der Waals surface area (Å²) in [4.78, 5) is 0.487. The van der Waals surface area contributed by atoms with Crippen LogP contribution in [0.1, 0.15) is 6.92 Å². The highest BCUT2D eigenvalue weighted by Gasteiger charge is 2.24. The molecule has 1 saturated heterocycles. The monoisotopic (exact) mass is 192 g/mol. The minimum Gasteiger partial charge on any atom is -0.409 e. The SMILES string of the molecule is CC(Br)CB1OCCO1. The minimum absolute atomic E-state index is 0.0411. The van der Waals surface area contributed by atoms with Crippen LogP contribution in [0.5, 0.6) is 0 Å². The van der Waals surface area contributed by atoms with Crippen molar-refractivity contribution in [2.75, 3.05) is 13.2 Å². The largest absolute Gasteiger partial charge is 0.458 e. The maximum atomic E-state index is 5.21. The van der Waals surface area contributed by atoms with Gasteiger partial charge in [0.05, 0.1) is 13.2 Å². The molecule has 52 valence electrons. The van der Waals surface area contributed by atoms with Crippen LogP contribution in [0.15, 0.2) is 0 Å². The van der Waals surface area contributed by atoms with Crippen molar-refractivity contribution in [1.82, 2.24) is 0 Å². The van der Waals surface area contributed by atoms with Gasteiger partial charge in [0.1, 0.15) is 0 Å². The van der Waals surface area contributed by atoms with E-state index in [4.69, 9.17) is 9.31 Å². The molecule has 0 N–H and O–H groups in total. The van der Waals surface area contributed by atoms with Gasteiger partial charge in [-0.1, -0.05) is 22.9 Å². The molecule has 0 radical (unpaired) electrons. The third kappa shape index (κ3) is 2.69. The molecule has 0 aliphatic carbocycles. The van der Waals surface area contributed by atoms with Gasteiger partial charge in [-0.05, 0) is 6.32 Å². The van der Waals surface area contributed by atoms with Crippen LogP contribution in [0.4, 0.5) is 0 Å². The normalized spacial score (nSPS) is 22.7. The second-order valence-corrected chi connectivity index (χ2v) is 3.75. The van der Waals surface area contributed by atoms with Crippen LogP contribution in [-0.2, 0) is 9.31 Å². The van der Waals surface area contributed by atoms with Gasteiger partial charge < -0.3 is 9.31 Å². The first-order valence-electron chi connectivity index (χ1n) is 3.16. The van der Waals surface area contributed by atoms with Crippen molar-refractivity contribution in [2.24, 2.45) is 0 Å². The third-order valence-corrected chi connectivity index (χ3v) is 1.58. The predicted octanol–water partition coefficient (Wildman–Crippen LogP) is 1.30. The molecule has 0 spiro atoms. The van der Waals surface area contributed by atoms with Gasteiger partial charge >= 0.3 is 7.12 Å². The van der Waals surface area contributed by atoms with E-state index in [2.05, 4.69) is 22.9 Å². The fourth-order valence-electron chi connectivity index (χ4n) is 0.809. The van der Waals surface area contributed by atoms with E-state index < -0.39 is 0 Å². The Balaban J connectivity index is 2.11. The van der Waals surface area contributed by atoms with Gasteiger partial charge in [-0.15, -0.1) is 0 Å². The Labute approximate surface area is 64.2 Å². The van der Waals surface area contributed by atoms with E-state index >= 15 is 0 Å². The summed E-state index contributed by atoms with van der Waals surface area (Å²) >= 11 is 3.42. The molecule has 0 aromatic carbocycles. The van der Waals surface area contributed by atoms with Crippen LogP contribution in [0, 0.1) is 0 Å². The van der Waals surface area contributed by atoms with Crippen molar-refractivity contribution in [3.8, 4) is 0 Å². The summed E-state index contributed by atoms with van der Waals surface area (Å²) in [6.07, 6.45) is 0.944. The molecule has 0 aromatic heterocycles. The van der Waals surface area contributed by atoms with E-state index in [0.29, 0.717) is 4.83 Å². The Bertz CT molecular complexity index is 83.0. The first-order valence-corrected chi connectivity index (χ1v) is 4.08. The van der Waals surface area contributed by atoms with Gasteiger partial charge in [0.25, 0.3) is 0 Å². The smallest absolute Gasteiger partial charge is 0.409 e. The van der Waals surface area contributed by atoms with E-state index in [1.807, 2.05) is 0 Å². The molecule has 1 rings (SSSR count). The van der Waals surface area contributed by atoms with Crippen LogP contribution in [0.25, 0.3) is 0 Å². The number of halogens is 1. The molecule has 1 unspecified atom stereocenters. The van der Waals surface area contributed by atoms with Gasteiger partial charge in [-0.25, -0.2) is 0 Å². The van der Waals surface area contributed by atoms with Crippen molar-refractivity contribution >= 4 is 23.0 Å². The van der Waals surface area contributed by atoms with Crippen LogP contribution in [-0.4, -0.2) is 25.2 Å². The fourth-order valence-corrected chi connectivity index (χ4v) is 1.11. The molecule has 0 aromatic rings. The van der Waals surface area contributed by atoms with Gasteiger partial charge in [0.15, 0.2) is 0 Å². The van der Waals surface area contributed by atoms with Gasteiger partial charge in [0.2, 0.25) is 0 Å². The summed E-state index contributed by atoms with van der Waals surface area (Å²) in [5.41, 5.74) is 0. The lowest BCUT2D eigenvalue weighted by molar-refractivity contribution is 0.365. The summed E-state index contributed by atoms with van der Waals surface area (Å²) in [7, 11) is 0.0411. The number of alkyl halides is 1. The average Bonchev–Trinajstić information content (AvgIpc) is 2.15. The summed E-state index contributed by atoms with van der Waals surface area (Å²) in [6.45, 7) is 3.60. The zero-order valence-corrected chi connectivity index (χ0v) is 7.06. The zero-order valence-electron chi connectivity index (χ0n) is 5.47.